The van der Waals surface area contributed by atoms with Gasteiger partial charge in [0, 0.05) is 26.2 Å². The fraction of sp³-hybridized carbons (Fsp3) is 0.533. The average Bonchev–Trinajstić information content (AvgIpc) is 3.12. The van der Waals surface area contributed by atoms with Crippen molar-refractivity contribution in [1.82, 2.24) is 14.9 Å². The molecule has 7 nitrogen and oxygen atoms in total. The molecular weight excluding hydrogens is 386 g/mol. The molecule has 1 aromatic rings. The predicted molar refractivity (Wildman–Crippen MR) is 99.0 cm³/mol. The minimum absolute atomic E-state index is 0. The molecule has 140 valence electrons. The number of morpholine rings is 1. The summed E-state index contributed by atoms with van der Waals surface area (Å²) in [4.78, 5) is 12.8. The van der Waals surface area contributed by atoms with Crippen molar-refractivity contribution >= 4 is 39.7 Å². The number of carbonyl (C=O) groups excluding carboxylic acids is 1. The topological polar surface area (TPSA) is 87.7 Å². The van der Waals surface area contributed by atoms with Crippen molar-refractivity contribution in [1.29, 1.82) is 0 Å². The van der Waals surface area contributed by atoms with Gasteiger partial charge in [0.25, 0.3) is 5.91 Å². The second-order valence-corrected chi connectivity index (χ2v) is 8.45. The van der Waals surface area contributed by atoms with E-state index in [2.05, 4.69) is 16.7 Å². The van der Waals surface area contributed by atoms with Crippen LogP contribution in [0.5, 0.6) is 0 Å². The average molecular weight is 408 g/mol. The highest BCUT2D eigenvalue weighted by atomic mass is 35.5. The van der Waals surface area contributed by atoms with Crippen molar-refractivity contribution in [3.05, 3.63) is 28.0 Å². The van der Waals surface area contributed by atoms with E-state index in [1.807, 2.05) is 0 Å². The van der Waals surface area contributed by atoms with E-state index in [1.165, 1.54) is 10.4 Å². The van der Waals surface area contributed by atoms with Crippen molar-refractivity contribution in [2.24, 2.45) is 0 Å². The summed E-state index contributed by atoms with van der Waals surface area (Å²) in [6.07, 6.45) is 2.95. The monoisotopic (exact) mass is 407 g/mol. The Morgan fingerprint density at radius 2 is 2.12 bits per heavy atom. The molecule has 1 aromatic heterocycles. The molecule has 0 atom stereocenters. The minimum atomic E-state index is -3.66. The van der Waals surface area contributed by atoms with E-state index in [9.17, 15) is 13.2 Å². The van der Waals surface area contributed by atoms with Crippen LogP contribution in [-0.4, -0.2) is 64.6 Å². The van der Waals surface area contributed by atoms with Gasteiger partial charge >= 0.3 is 0 Å². The summed E-state index contributed by atoms with van der Waals surface area (Å²) >= 11 is 1.15. The van der Waals surface area contributed by atoms with Crippen molar-refractivity contribution in [3.8, 4) is 0 Å². The van der Waals surface area contributed by atoms with Crippen molar-refractivity contribution in [2.75, 3.05) is 45.9 Å². The maximum Gasteiger partial charge on any atom is 0.263 e. The highest BCUT2D eigenvalue weighted by molar-refractivity contribution is 7.89. The van der Waals surface area contributed by atoms with Gasteiger partial charge in [-0.05, 0) is 24.4 Å². The number of ether oxygens (including phenoxy) is 1. The molecule has 2 aliphatic rings. The Hall–Kier alpha value is -0.970. The summed E-state index contributed by atoms with van der Waals surface area (Å²) in [6, 6.07) is 1.51. The largest absolute Gasteiger partial charge is 0.379 e. The van der Waals surface area contributed by atoms with E-state index in [1.54, 1.807) is 5.38 Å². The van der Waals surface area contributed by atoms with Gasteiger partial charge in [-0.25, -0.2) is 8.42 Å². The third-order valence-electron chi connectivity index (χ3n) is 4.06. The van der Waals surface area contributed by atoms with Crippen LogP contribution in [0, 0.1) is 0 Å². The molecule has 0 spiro atoms. The number of nitrogens with zero attached hydrogens (tertiary/aromatic N) is 1. The molecule has 1 fully saturated rings. The van der Waals surface area contributed by atoms with E-state index in [4.69, 9.17) is 4.74 Å². The zero-order valence-electron chi connectivity index (χ0n) is 13.7. The van der Waals surface area contributed by atoms with Crippen molar-refractivity contribution in [2.45, 2.75) is 11.3 Å². The summed E-state index contributed by atoms with van der Waals surface area (Å²) in [6.45, 7) is 3.56. The summed E-state index contributed by atoms with van der Waals surface area (Å²) in [5, 5.41) is 7.70. The summed E-state index contributed by atoms with van der Waals surface area (Å²) in [7, 11) is -3.66. The smallest absolute Gasteiger partial charge is 0.263 e. The normalized spacial score (nSPS) is 19.0. The third kappa shape index (κ3) is 4.81. The fourth-order valence-electron chi connectivity index (χ4n) is 2.70. The highest BCUT2D eigenvalue weighted by Gasteiger charge is 2.31. The number of hydrogen-bond donors (Lipinski definition) is 2. The standard InChI is InChI=1S/C15H21N3O4S2.ClH/c19-15(17-11-12-1-4-16-5-2-12)14-13(3-10-23-14)24(20,21)18-6-8-22-9-7-18;/h1,3,10,16H,2,4-9,11H2,(H,17,19);1H. The molecule has 25 heavy (non-hydrogen) atoms. The van der Waals surface area contributed by atoms with Crippen LogP contribution in [0.15, 0.2) is 28.0 Å². The Kier molecular flexibility index (Phi) is 7.41. The number of sulfonamides is 1. The van der Waals surface area contributed by atoms with Gasteiger partial charge < -0.3 is 15.4 Å². The number of halogens is 1. The maximum absolute atomic E-state index is 12.8. The van der Waals surface area contributed by atoms with Crippen LogP contribution in [0.25, 0.3) is 0 Å². The quantitative estimate of drug-likeness (QED) is 0.706. The first-order chi connectivity index (χ1) is 11.6. The first kappa shape index (κ1) is 20.3. The Morgan fingerprint density at radius 3 is 2.80 bits per heavy atom. The molecule has 0 saturated carbocycles. The van der Waals surface area contributed by atoms with Gasteiger partial charge in [0.15, 0.2) is 0 Å². The van der Waals surface area contributed by atoms with E-state index in [0.717, 1.165) is 36.4 Å². The van der Waals surface area contributed by atoms with Crippen LogP contribution >= 0.6 is 23.7 Å². The summed E-state index contributed by atoms with van der Waals surface area (Å²) < 4.78 is 32.1. The van der Waals surface area contributed by atoms with Gasteiger partial charge in [-0.3, -0.25) is 4.79 Å². The summed E-state index contributed by atoms with van der Waals surface area (Å²) in [5.41, 5.74) is 1.16. The molecule has 0 bridgehead atoms. The Bertz CT molecular complexity index is 727. The van der Waals surface area contributed by atoms with Gasteiger partial charge in [0.2, 0.25) is 10.0 Å². The molecule has 0 aromatic carbocycles. The number of nitrogens with one attached hydrogen (secondary N) is 2. The number of rotatable bonds is 5. The predicted octanol–water partition coefficient (Wildman–Crippen LogP) is 0.840. The van der Waals surface area contributed by atoms with Crippen molar-refractivity contribution < 1.29 is 17.9 Å². The van der Waals surface area contributed by atoms with Gasteiger partial charge in [-0.2, -0.15) is 4.31 Å². The molecule has 2 aliphatic heterocycles. The Labute approximate surface area is 157 Å². The van der Waals surface area contributed by atoms with Crippen LogP contribution < -0.4 is 10.6 Å². The van der Waals surface area contributed by atoms with E-state index < -0.39 is 10.0 Å². The molecule has 3 heterocycles. The van der Waals surface area contributed by atoms with E-state index in [-0.39, 0.29) is 28.1 Å². The molecule has 10 heteroatoms. The lowest BCUT2D eigenvalue weighted by molar-refractivity contribution is 0.0730. The molecule has 1 amide bonds. The van der Waals surface area contributed by atoms with Gasteiger partial charge in [0.05, 0.1) is 13.2 Å². The van der Waals surface area contributed by atoms with E-state index in [0.29, 0.717) is 32.8 Å². The molecule has 1 saturated heterocycles. The molecule has 0 aliphatic carbocycles. The molecule has 3 rings (SSSR count). The van der Waals surface area contributed by atoms with E-state index >= 15 is 0 Å². The van der Waals surface area contributed by atoms with Gasteiger partial charge in [-0.1, -0.05) is 11.6 Å². The zero-order chi connectivity index (χ0) is 17.0. The SMILES string of the molecule is Cl.O=C(NCC1=CCNCC1)c1sccc1S(=O)(=O)N1CCOCC1. The first-order valence-electron chi connectivity index (χ1n) is 7.91. The Balaban J connectivity index is 0.00000225. The summed E-state index contributed by atoms with van der Waals surface area (Å²) in [5.74, 6) is -0.337. The van der Waals surface area contributed by atoms with Gasteiger partial charge in [0.1, 0.15) is 9.77 Å². The second-order valence-electron chi connectivity index (χ2n) is 5.63. The number of carbonyl (C=O) groups is 1. The van der Waals surface area contributed by atoms with Crippen LogP contribution in [0.4, 0.5) is 0 Å². The number of amides is 1. The lowest BCUT2D eigenvalue weighted by Gasteiger charge is -2.26. The molecule has 2 N–H and O–H groups in total. The molecular formula is C15H22ClN3O4S2. The minimum Gasteiger partial charge on any atom is -0.379 e. The number of thiophene rings is 1. The van der Waals surface area contributed by atoms with Crippen LogP contribution in [0.1, 0.15) is 16.1 Å². The lowest BCUT2D eigenvalue weighted by Crippen LogP contribution is -2.41. The molecule has 0 unspecified atom stereocenters. The van der Waals surface area contributed by atoms with Crippen LogP contribution in [0.3, 0.4) is 0 Å². The Morgan fingerprint density at radius 1 is 1.36 bits per heavy atom. The maximum atomic E-state index is 12.8. The number of hydrogen-bond acceptors (Lipinski definition) is 6. The third-order valence-corrected chi connectivity index (χ3v) is 7.04. The van der Waals surface area contributed by atoms with Crippen LogP contribution in [-0.2, 0) is 14.8 Å². The first-order valence-corrected chi connectivity index (χ1v) is 10.2. The van der Waals surface area contributed by atoms with Gasteiger partial charge in [-0.15, -0.1) is 23.7 Å². The zero-order valence-corrected chi connectivity index (χ0v) is 16.1. The highest BCUT2D eigenvalue weighted by Crippen LogP contribution is 2.26. The fourth-order valence-corrected chi connectivity index (χ4v) is 5.42. The lowest BCUT2D eigenvalue weighted by atomic mass is 10.1. The molecule has 0 radical (unpaired) electrons. The van der Waals surface area contributed by atoms with Crippen molar-refractivity contribution in [3.63, 3.8) is 0 Å². The second kappa shape index (κ2) is 9.11. The van der Waals surface area contributed by atoms with Crippen LogP contribution in [0.2, 0.25) is 0 Å².